The number of likely N-dealkylation sites (tertiary alicyclic amines) is 1. The van der Waals surface area contributed by atoms with Crippen molar-refractivity contribution in [3.63, 3.8) is 0 Å². The van der Waals surface area contributed by atoms with Gasteiger partial charge in [0.05, 0.1) is 5.69 Å². The van der Waals surface area contributed by atoms with Gasteiger partial charge in [-0.05, 0) is 51.7 Å². The Morgan fingerprint density at radius 1 is 1.23 bits per heavy atom. The van der Waals surface area contributed by atoms with Crippen LogP contribution in [0.4, 0.5) is 16.2 Å². The smallest absolute Gasteiger partial charge is 0.410 e. The number of benzene rings is 1. The van der Waals surface area contributed by atoms with Gasteiger partial charge in [-0.1, -0.05) is 29.8 Å². The molecule has 1 aliphatic heterocycles. The molecule has 1 unspecified atom stereocenters. The van der Waals surface area contributed by atoms with Crippen LogP contribution in [-0.4, -0.2) is 52.3 Å². The summed E-state index contributed by atoms with van der Waals surface area (Å²) in [6.07, 6.45) is 1.56. The molecule has 2 heterocycles. The van der Waals surface area contributed by atoms with Crippen LogP contribution >= 0.6 is 11.6 Å². The molecule has 1 atom stereocenters. The van der Waals surface area contributed by atoms with Crippen molar-refractivity contribution in [1.29, 1.82) is 0 Å². The van der Waals surface area contributed by atoms with E-state index in [1.165, 1.54) is 0 Å². The number of anilines is 2. The van der Waals surface area contributed by atoms with Gasteiger partial charge in [-0.25, -0.2) is 4.79 Å². The highest BCUT2D eigenvalue weighted by atomic mass is 35.5. The lowest BCUT2D eigenvalue weighted by atomic mass is 9.98. The number of rotatable bonds is 5. The molecular weight excluding hydrogens is 418 g/mol. The van der Waals surface area contributed by atoms with Crippen LogP contribution < -0.4 is 10.6 Å². The molecule has 8 nitrogen and oxygen atoms in total. The highest BCUT2D eigenvalue weighted by Gasteiger charge is 2.28. The van der Waals surface area contributed by atoms with E-state index in [1.54, 1.807) is 23.1 Å². The van der Waals surface area contributed by atoms with Crippen LogP contribution in [-0.2, 0) is 4.74 Å². The minimum atomic E-state index is -0.525. The molecule has 2 aromatic rings. The predicted molar refractivity (Wildman–Crippen MR) is 120 cm³/mol. The molecule has 166 valence electrons. The lowest BCUT2D eigenvalue weighted by Gasteiger charge is -2.34. The first-order valence-electron chi connectivity index (χ1n) is 10.3. The quantitative estimate of drug-likeness (QED) is 0.706. The summed E-state index contributed by atoms with van der Waals surface area (Å²) in [6, 6.07) is 10.7. The summed E-state index contributed by atoms with van der Waals surface area (Å²) in [5, 5.41) is 14.1. The average Bonchev–Trinajstić information content (AvgIpc) is 2.72. The number of carbonyl (C=O) groups excluding carboxylic acids is 2. The standard InChI is InChI=1S/C22H28ClN5O3/c1-22(2,3)31-21(30)28-11-7-8-15(14-28)13-24-17-12-18(23)26-27-19(17)20(29)25-16-9-5-4-6-10-16/h4-6,9-10,12,15H,7-8,11,13-14H2,1-3H3,(H,24,26)(H,25,29). The third-order valence-corrected chi connectivity index (χ3v) is 4.95. The van der Waals surface area contributed by atoms with Crippen molar-refractivity contribution in [3.05, 3.63) is 47.2 Å². The van der Waals surface area contributed by atoms with Gasteiger partial charge in [-0.3, -0.25) is 4.79 Å². The molecule has 1 aliphatic rings. The number of nitrogens with zero attached hydrogens (tertiary/aromatic N) is 3. The number of carbonyl (C=O) groups is 2. The van der Waals surface area contributed by atoms with E-state index in [0.29, 0.717) is 31.0 Å². The molecule has 0 spiro atoms. The van der Waals surface area contributed by atoms with Gasteiger partial charge in [0, 0.05) is 31.4 Å². The van der Waals surface area contributed by atoms with Crippen molar-refractivity contribution in [2.75, 3.05) is 30.3 Å². The Hall–Kier alpha value is -2.87. The van der Waals surface area contributed by atoms with E-state index in [0.717, 1.165) is 12.8 Å². The molecule has 2 N–H and O–H groups in total. The maximum absolute atomic E-state index is 12.7. The van der Waals surface area contributed by atoms with Gasteiger partial charge in [-0.2, -0.15) is 0 Å². The van der Waals surface area contributed by atoms with Crippen molar-refractivity contribution in [1.82, 2.24) is 15.1 Å². The van der Waals surface area contributed by atoms with Crippen molar-refractivity contribution in [2.24, 2.45) is 5.92 Å². The predicted octanol–water partition coefficient (Wildman–Crippen LogP) is 4.44. The Kier molecular flexibility index (Phi) is 7.33. The topological polar surface area (TPSA) is 96.4 Å². The molecule has 0 bridgehead atoms. The maximum Gasteiger partial charge on any atom is 0.410 e. The van der Waals surface area contributed by atoms with E-state index in [-0.39, 0.29) is 28.8 Å². The monoisotopic (exact) mass is 445 g/mol. The first-order chi connectivity index (χ1) is 14.7. The van der Waals surface area contributed by atoms with Gasteiger partial charge in [-0.15, -0.1) is 10.2 Å². The highest BCUT2D eigenvalue weighted by Crippen LogP contribution is 2.22. The number of amides is 2. The second-order valence-electron chi connectivity index (χ2n) is 8.57. The lowest BCUT2D eigenvalue weighted by molar-refractivity contribution is 0.0172. The SMILES string of the molecule is CC(C)(C)OC(=O)N1CCCC(CNc2cc(Cl)nnc2C(=O)Nc2ccccc2)C1. The third-order valence-electron chi connectivity index (χ3n) is 4.76. The number of hydrogen-bond donors (Lipinski definition) is 2. The summed E-state index contributed by atoms with van der Waals surface area (Å²) in [6.45, 7) is 7.40. The van der Waals surface area contributed by atoms with Crippen LogP contribution in [0.25, 0.3) is 0 Å². The fourth-order valence-electron chi connectivity index (χ4n) is 3.36. The van der Waals surface area contributed by atoms with Crippen molar-refractivity contribution >= 4 is 35.0 Å². The molecule has 0 radical (unpaired) electrons. The number of piperidine rings is 1. The maximum atomic E-state index is 12.7. The first-order valence-corrected chi connectivity index (χ1v) is 10.7. The number of ether oxygens (including phenoxy) is 1. The molecule has 0 saturated carbocycles. The molecule has 3 rings (SSSR count). The second-order valence-corrected chi connectivity index (χ2v) is 8.95. The van der Waals surface area contributed by atoms with E-state index < -0.39 is 5.60 Å². The fourth-order valence-corrected chi connectivity index (χ4v) is 3.51. The van der Waals surface area contributed by atoms with Crippen LogP contribution in [0.15, 0.2) is 36.4 Å². The van der Waals surface area contributed by atoms with E-state index >= 15 is 0 Å². The number of hydrogen-bond acceptors (Lipinski definition) is 6. The van der Waals surface area contributed by atoms with E-state index in [1.807, 2.05) is 39.0 Å². The molecular formula is C22H28ClN5O3. The molecule has 2 amide bonds. The van der Waals surface area contributed by atoms with Crippen LogP contribution in [0, 0.1) is 5.92 Å². The number of halogens is 1. The van der Waals surface area contributed by atoms with Crippen LogP contribution in [0.1, 0.15) is 44.1 Å². The minimum Gasteiger partial charge on any atom is -0.444 e. The van der Waals surface area contributed by atoms with E-state index in [2.05, 4.69) is 20.8 Å². The summed E-state index contributed by atoms with van der Waals surface area (Å²) in [5.41, 5.74) is 0.800. The largest absolute Gasteiger partial charge is 0.444 e. The zero-order valence-electron chi connectivity index (χ0n) is 18.0. The molecule has 9 heteroatoms. The molecule has 1 fully saturated rings. The number of nitrogens with one attached hydrogen (secondary N) is 2. The molecule has 1 saturated heterocycles. The second kappa shape index (κ2) is 9.96. The lowest BCUT2D eigenvalue weighted by Crippen LogP contribution is -2.44. The zero-order valence-corrected chi connectivity index (χ0v) is 18.8. The van der Waals surface area contributed by atoms with Gasteiger partial charge in [0.15, 0.2) is 10.8 Å². The Bertz CT molecular complexity index is 917. The van der Waals surface area contributed by atoms with Crippen molar-refractivity contribution in [2.45, 2.75) is 39.2 Å². The molecule has 0 aliphatic carbocycles. The first kappa shape index (κ1) is 22.8. The molecule has 1 aromatic carbocycles. The van der Waals surface area contributed by atoms with Crippen molar-refractivity contribution in [3.8, 4) is 0 Å². The minimum absolute atomic E-state index is 0.160. The highest BCUT2D eigenvalue weighted by molar-refractivity contribution is 6.29. The number of aromatic nitrogens is 2. The van der Waals surface area contributed by atoms with Gasteiger partial charge >= 0.3 is 6.09 Å². The van der Waals surface area contributed by atoms with Gasteiger partial charge < -0.3 is 20.3 Å². The van der Waals surface area contributed by atoms with Crippen LogP contribution in [0.2, 0.25) is 5.15 Å². The fraction of sp³-hybridized carbons (Fsp3) is 0.455. The van der Waals surface area contributed by atoms with Gasteiger partial charge in [0.2, 0.25) is 0 Å². The zero-order chi connectivity index (χ0) is 22.4. The summed E-state index contributed by atoms with van der Waals surface area (Å²) in [7, 11) is 0. The Balaban J connectivity index is 1.64. The summed E-state index contributed by atoms with van der Waals surface area (Å²) < 4.78 is 5.49. The van der Waals surface area contributed by atoms with Gasteiger partial charge in [0.1, 0.15) is 5.60 Å². The summed E-state index contributed by atoms with van der Waals surface area (Å²) in [5.74, 6) is -0.171. The summed E-state index contributed by atoms with van der Waals surface area (Å²) in [4.78, 5) is 26.8. The Morgan fingerprint density at radius 3 is 2.68 bits per heavy atom. The molecule has 31 heavy (non-hydrogen) atoms. The van der Waals surface area contributed by atoms with Crippen LogP contribution in [0.5, 0.6) is 0 Å². The van der Waals surface area contributed by atoms with Crippen molar-refractivity contribution < 1.29 is 14.3 Å². The third kappa shape index (κ3) is 6.82. The van der Waals surface area contributed by atoms with Gasteiger partial charge in [0.25, 0.3) is 5.91 Å². The number of para-hydroxylation sites is 1. The van der Waals surface area contributed by atoms with Crippen LogP contribution in [0.3, 0.4) is 0 Å². The van der Waals surface area contributed by atoms with E-state index in [9.17, 15) is 9.59 Å². The summed E-state index contributed by atoms with van der Waals surface area (Å²) >= 11 is 6.01. The molecule has 1 aromatic heterocycles. The normalized spacial score (nSPS) is 16.5. The average molecular weight is 446 g/mol. The van der Waals surface area contributed by atoms with E-state index in [4.69, 9.17) is 16.3 Å². The Labute approximate surface area is 187 Å². The Morgan fingerprint density at radius 2 is 1.97 bits per heavy atom.